The molecule has 0 bridgehead atoms. The number of hydrogen-bond donors (Lipinski definition) is 0. The average molecular weight is 662 g/mol. The minimum atomic E-state index is -1.44. The average Bonchev–Trinajstić information content (AvgIpc) is 3.45. The van der Waals surface area contributed by atoms with E-state index >= 15 is 0 Å². The fourth-order valence-electron chi connectivity index (χ4n) is 6.87. The van der Waals surface area contributed by atoms with Crippen LogP contribution in [0.4, 0.5) is 0 Å². The Hall–Kier alpha value is -3.38. The van der Waals surface area contributed by atoms with Crippen LogP contribution in [-0.2, 0) is 47.5 Å². The van der Waals surface area contributed by atoms with E-state index in [0.29, 0.717) is 5.01 Å². The van der Waals surface area contributed by atoms with E-state index in [9.17, 15) is 24.1 Å². The summed E-state index contributed by atoms with van der Waals surface area (Å²) < 4.78 is 49.4. The fraction of sp³-hybridized carbons (Fsp3) is 0.677. The van der Waals surface area contributed by atoms with E-state index in [4.69, 9.17) is 37.9 Å². The van der Waals surface area contributed by atoms with Crippen molar-refractivity contribution in [2.24, 2.45) is 11.2 Å². The van der Waals surface area contributed by atoms with Crippen LogP contribution in [0.15, 0.2) is 29.6 Å². The van der Waals surface area contributed by atoms with Crippen molar-refractivity contribution in [2.75, 3.05) is 13.2 Å². The van der Waals surface area contributed by atoms with Crippen molar-refractivity contribution in [3.05, 3.63) is 40.3 Å². The van der Waals surface area contributed by atoms with Gasteiger partial charge in [0.2, 0.25) is 5.91 Å². The number of rotatable bonds is 7. The highest BCUT2D eigenvalue weighted by molar-refractivity contribution is 6.21. The number of hydrogen-bond acceptors (Lipinski definition) is 14. The molecule has 47 heavy (non-hydrogen) atoms. The quantitative estimate of drug-likeness (QED) is 0.179. The van der Waals surface area contributed by atoms with Crippen molar-refractivity contribution in [1.29, 1.82) is 0 Å². The molecule has 5 aliphatic heterocycles. The van der Waals surface area contributed by atoms with Gasteiger partial charge >= 0.3 is 5.97 Å². The topological polar surface area (TPSA) is 178 Å². The molecule has 4 saturated heterocycles. The molecule has 0 saturated carbocycles. The van der Waals surface area contributed by atoms with Crippen molar-refractivity contribution in [1.82, 2.24) is 9.91 Å². The van der Waals surface area contributed by atoms with Crippen LogP contribution in [-0.4, -0.2) is 114 Å². The Morgan fingerprint density at radius 1 is 0.936 bits per heavy atom. The molecule has 3 amide bonds. The van der Waals surface area contributed by atoms with Gasteiger partial charge in [0.25, 0.3) is 11.8 Å². The van der Waals surface area contributed by atoms with Crippen LogP contribution in [0, 0.1) is 10.8 Å². The van der Waals surface area contributed by atoms with Gasteiger partial charge in [0.05, 0.1) is 29.6 Å². The Kier molecular flexibility index (Phi) is 8.74. The molecule has 0 spiro atoms. The van der Waals surface area contributed by atoms with E-state index < -0.39 is 96.4 Å². The van der Waals surface area contributed by atoms with Crippen LogP contribution in [0.1, 0.15) is 69.2 Å². The molecule has 0 N–H and O–H groups in total. The molecular weight excluding hydrogens is 622 g/mol. The number of carbonyl (C=O) groups excluding carboxylic acids is 4. The van der Waals surface area contributed by atoms with E-state index in [1.807, 2.05) is 0 Å². The third-order valence-corrected chi connectivity index (χ3v) is 8.92. The van der Waals surface area contributed by atoms with E-state index in [-0.39, 0.29) is 24.3 Å². The molecule has 5 heterocycles. The maximum atomic E-state index is 13.8. The summed E-state index contributed by atoms with van der Waals surface area (Å²) in [7, 11) is 0. The molecule has 4 unspecified atom stereocenters. The predicted octanol–water partition coefficient (Wildman–Crippen LogP) is 1.89. The Balaban J connectivity index is 1.38. The molecule has 256 valence electrons. The summed E-state index contributed by atoms with van der Waals surface area (Å²) in [6, 6.07) is 5.17. The highest BCUT2D eigenvalue weighted by Crippen LogP contribution is 2.44. The minimum absolute atomic E-state index is 0.0897. The van der Waals surface area contributed by atoms with Crippen molar-refractivity contribution in [2.45, 2.75) is 115 Å². The number of nitroso groups, excluding NO2 is 1. The summed E-state index contributed by atoms with van der Waals surface area (Å²) in [5.41, 5.74) is 0.389. The summed E-state index contributed by atoms with van der Waals surface area (Å²) >= 11 is 0. The third kappa shape index (κ3) is 6.19. The summed E-state index contributed by atoms with van der Waals surface area (Å²) in [5, 5.41) is 3.50. The first kappa shape index (κ1) is 33.5. The van der Waals surface area contributed by atoms with Crippen LogP contribution in [0.5, 0.6) is 0 Å². The normalized spacial score (nSPS) is 37.0. The lowest BCUT2D eigenvalue weighted by Crippen LogP contribution is -2.68. The van der Waals surface area contributed by atoms with Gasteiger partial charge in [-0.15, -0.1) is 4.91 Å². The number of carbonyl (C=O) groups is 4. The molecule has 0 aliphatic carbocycles. The Morgan fingerprint density at radius 3 is 2.15 bits per heavy atom. The maximum Gasteiger partial charge on any atom is 0.303 e. The van der Waals surface area contributed by atoms with Gasteiger partial charge in [-0.25, -0.2) is 0 Å². The van der Waals surface area contributed by atoms with Crippen molar-refractivity contribution in [3.63, 3.8) is 0 Å². The van der Waals surface area contributed by atoms with Crippen molar-refractivity contribution < 1.29 is 57.1 Å². The number of benzene rings is 1. The highest BCUT2D eigenvalue weighted by atomic mass is 16.8. The summed E-state index contributed by atoms with van der Waals surface area (Å²) in [5.74, 6) is -5.21. The van der Waals surface area contributed by atoms with Crippen LogP contribution < -0.4 is 0 Å². The van der Waals surface area contributed by atoms with Gasteiger partial charge in [-0.2, -0.15) is 5.01 Å². The predicted molar refractivity (Wildman–Crippen MR) is 156 cm³/mol. The van der Waals surface area contributed by atoms with Gasteiger partial charge in [0, 0.05) is 19.8 Å². The zero-order valence-corrected chi connectivity index (χ0v) is 27.1. The smallest absolute Gasteiger partial charge is 0.303 e. The molecule has 6 rings (SSSR count). The molecule has 4 fully saturated rings. The number of esters is 1. The van der Waals surface area contributed by atoms with Gasteiger partial charge in [-0.05, 0) is 39.8 Å². The van der Waals surface area contributed by atoms with E-state index in [0.717, 1.165) is 4.90 Å². The lowest BCUT2D eigenvalue weighted by Gasteiger charge is -2.51. The SMILES string of the molecule is CC(=O)OC1C(C)[C@@H](O[C@@H]2O[C@H](CN(N=O)C(C)=O)C3OC(C)(C)OC3[C@H]2N2C(=O)c3ccccc3C2=O)O[C@H]2COC(C)(C)O[C@@H]12. The van der Waals surface area contributed by atoms with Gasteiger partial charge < -0.3 is 37.9 Å². The second kappa shape index (κ2) is 12.3. The molecular formula is C31H39N3O13. The van der Waals surface area contributed by atoms with Crippen molar-refractivity contribution in [3.8, 4) is 0 Å². The molecule has 1 aromatic rings. The van der Waals surface area contributed by atoms with E-state index in [1.165, 1.54) is 13.8 Å². The Labute approximate surface area is 270 Å². The second-order valence-electron chi connectivity index (χ2n) is 13.2. The Bertz CT molecular complexity index is 1420. The second-order valence-corrected chi connectivity index (χ2v) is 13.2. The van der Waals surface area contributed by atoms with Gasteiger partial charge in [0.15, 0.2) is 24.2 Å². The van der Waals surface area contributed by atoms with Crippen LogP contribution in [0.25, 0.3) is 0 Å². The molecule has 1 aromatic carbocycles. The van der Waals surface area contributed by atoms with Crippen molar-refractivity contribution >= 4 is 23.7 Å². The third-order valence-electron chi connectivity index (χ3n) is 8.92. The molecule has 0 aromatic heterocycles. The summed E-state index contributed by atoms with van der Waals surface area (Å²) in [6.07, 6.45) is -7.88. The zero-order chi connectivity index (χ0) is 34.0. The molecule has 0 radical (unpaired) electrons. The molecule has 16 heteroatoms. The minimum Gasteiger partial charge on any atom is -0.459 e. The summed E-state index contributed by atoms with van der Waals surface area (Å²) in [4.78, 5) is 64.7. The fourth-order valence-corrected chi connectivity index (χ4v) is 6.87. The first-order valence-corrected chi connectivity index (χ1v) is 15.5. The van der Waals surface area contributed by atoms with Crippen LogP contribution >= 0.6 is 0 Å². The number of fused-ring (bicyclic) bond motifs is 3. The lowest BCUT2D eigenvalue weighted by atomic mass is 9.90. The van der Waals surface area contributed by atoms with E-state index in [1.54, 1.807) is 58.9 Å². The molecule has 5 aliphatic rings. The number of nitrogens with zero attached hydrogens (tertiary/aromatic N) is 3. The first-order valence-electron chi connectivity index (χ1n) is 15.5. The molecule has 10 atom stereocenters. The number of imide groups is 1. The standard InChI is InChI=1S/C31H39N3O13/c1-14-22(41-16(3)36)24-20(13-40-30(4,5)45-24)43-28(14)44-29-21(34-26(37)17-10-8-9-11-18(17)27(34)38)25-23(46-31(6,7)47-25)19(42-29)12-33(32-39)15(2)35/h8-11,14,19-25,28-29H,12-13H2,1-7H3/t14?,19-,20+,21-,22?,23?,24-,25?,28-,29+/m1/s1. The zero-order valence-electron chi connectivity index (χ0n) is 27.1. The van der Waals surface area contributed by atoms with Gasteiger partial charge in [-0.1, -0.05) is 19.1 Å². The number of amides is 3. The lowest BCUT2D eigenvalue weighted by molar-refractivity contribution is -0.396. The molecule has 16 nitrogen and oxygen atoms in total. The Morgan fingerprint density at radius 2 is 1.55 bits per heavy atom. The highest BCUT2D eigenvalue weighted by Gasteiger charge is 2.62. The van der Waals surface area contributed by atoms with Crippen LogP contribution in [0.3, 0.4) is 0 Å². The van der Waals surface area contributed by atoms with Gasteiger partial charge in [-0.3, -0.25) is 24.1 Å². The maximum absolute atomic E-state index is 13.8. The van der Waals surface area contributed by atoms with Gasteiger partial charge in [0.1, 0.15) is 42.7 Å². The first-order chi connectivity index (χ1) is 22.1. The number of ether oxygens (including phenoxy) is 8. The van der Waals surface area contributed by atoms with Crippen LogP contribution in [0.2, 0.25) is 0 Å². The summed E-state index contributed by atoms with van der Waals surface area (Å²) in [6.45, 7) is 10.7. The monoisotopic (exact) mass is 661 g/mol. The van der Waals surface area contributed by atoms with E-state index in [2.05, 4.69) is 5.29 Å². The largest absolute Gasteiger partial charge is 0.459 e.